The summed E-state index contributed by atoms with van der Waals surface area (Å²) in [4.78, 5) is 22.0. The number of nitrogens with one attached hydrogen (secondary N) is 2. The lowest BCUT2D eigenvalue weighted by Crippen LogP contribution is -2.09. The Labute approximate surface area is 103 Å². The van der Waals surface area contributed by atoms with Crippen LogP contribution in [-0.2, 0) is 0 Å². The Morgan fingerprint density at radius 1 is 1.28 bits per heavy atom. The first-order chi connectivity index (χ1) is 8.78. The summed E-state index contributed by atoms with van der Waals surface area (Å²) in [7, 11) is 0. The molecule has 18 heavy (non-hydrogen) atoms. The van der Waals surface area contributed by atoms with Crippen LogP contribution in [-0.4, -0.2) is 15.0 Å². The molecule has 2 N–H and O–H groups in total. The van der Waals surface area contributed by atoms with Crippen molar-refractivity contribution in [2.45, 2.75) is 0 Å². The van der Waals surface area contributed by atoms with Crippen LogP contribution in [0.5, 0.6) is 0 Å². The Morgan fingerprint density at radius 3 is 2.89 bits per heavy atom. The molecule has 0 bridgehead atoms. The number of benzene rings is 1. The van der Waals surface area contributed by atoms with Gasteiger partial charge in [0.2, 0.25) is 0 Å². The van der Waals surface area contributed by atoms with Crippen molar-refractivity contribution in [3.63, 3.8) is 0 Å². The Balaban J connectivity index is 2.25. The van der Waals surface area contributed by atoms with Crippen LogP contribution in [0.15, 0.2) is 47.9 Å². The lowest BCUT2D eigenvalue weighted by Gasteiger charge is -1.97. The molecule has 0 saturated carbocycles. The van der Waals surface area contributed by atoms with Crippen molar-refractivity contribution in [1.82, 2.24) is 15.0 Å². The topological polar surface area (TPSA) is 61.5 Å². The van der Waals surface area contributed by atoms with Crippen molar-refractivity contribution in [2.75, 3.05) is 0 Å². The third kappa shape index (κ3) is 1.64. The second kappa shape index (κ2) is 4.00. The predicted molar refractivity (Wildman–Crippen MR) is 72.2 cm³/mol. The molecule has 1 aromatic carbocycles. The van der Waals surface area contributed by atoms with E-state index in [0.29, 0.717) is 11.4 Å². The Kier molecular flexibility index (Phi) is 2.34. The highest BCUT2D eigenvalue weighted by atomic mass is 16.1. The molecule has 0 unspecified atom stereocenters. The van der Waals surface area contributed by atoms with Crippen LogP contribution in [0.3, 0.4) is 0 Å². The van der Waals surface area contributed by atoms with Crippen molar-refractivity contribution < 1.29 is 0 Å². The van der Waals surface area contributed by atoms with Gasteiger partial charge >= 0.3 is 0 Å². The zero-order valence-electron chi connectivity index (χ0n) is 9.60. The van der Waals surface area contributed by atoms with Crippen molar-refractivity contribution in [3.8, 4) is 11.4 Å². The van der Waals surface area contributed by atoms with Crippen LogP contribution >= 0.6 is 0 Å². The van der Waals surface area contributed by atoms with Gasteiger partial charge in [0.05, 0.1) is 16.6 Å². The minimum atomic E-state index is -0.167. The summed E-state index contributed by atoms with van der Waals surface area (Å²) in [6, 6.07) is 9.44. The SMILES string of the molecule is C=Cc1c[nH]c(=O)c(-c2nc3ccccc3[nH]2)c1. The number of aromatic amines is 2. The Morgan fingerprint density at radius 2 is 2.11 bits per heavy atom. The van der Waals surface area contributed by atoms with E-state index in [0.717, 1.165) is 16.6 Å². The van der Waals surface area contributed by atoms with E-state index in [9.17, 15) is 4.79 Å². The normalized spacial score (nSPS) is 10.7. The average Bonchev–Trinajstić information content (AvgIpc) is 2.82. The van der Waals surface area contributed by atoms with Crippen molar-refractivity contribution in [2.24, 2.45) is 0 Å². The zero-order valence-corrected chi connectivity index (χ0v) is 9.60. The summed E-state index contributed by atoms with van der Waals surface area (Å²) in [6.07, 6.45) is 3.31. The van der Waals surface area contributed by atoms with Gasteiger partial charge in [-0.15, -0.1) is 0 Å². The van der Waals surface area contributed by atoms with Gasteiger partial charge in [-0.1, -0.05) is 24.8 Å². The number of hydrogen-bond donors (Lipinski definition) is 2. The first kappa shape index (κ1) is 10.5. The number of H-pyrrole nitrogens is 2. The van der Waals surface area contributed by atoms with Gasteiger partial charge in [-0.25, -0.2) is 4.98 Å². The monoisotopic (exact) mass is 237 g/mol. The number of nitrogens with zero attached hydrogens (tertiary/aromatic N) is 1. The van der Waals surface area contributed by atoms with Crippen LogP contribution in [0.1, 0.15) is 5.56 Å². The number of rotatable bonds is 2. The fourth-order valence-corrected chi connectivity index (χ4v) is 1.87. The molecule has 0 aliphatic rings. The number of fused-ring (bicyclic) bond motifs is 1. The highest BCUT2D eigenvalue weighted by molar-refractivity contribution is 5.79. The summed E-state index contributed by atoms with van der Waals surface area (Å²) >= 11 is 0. The molecule has 3 rings (SSSR count). The fraction of sp³-hybridized carbons (Fsp3) is 0. The lowest BCUT2D eigenvalue weighted by atomic mass is 10.2. The molecule has 4 heteroatoms. The van der Waals surface area contributed by atoms with Crippen LogP contribution in [0, 0.1) is 0 Å². The number of imidazole rings is 1. The molecule has 4 nitrogen and oxygen atoms in total. The minimum Gasteiger partial charge on any atom is -0.338 e. The highest BCUT2D eigenvalue weighted by Crippen LogP contribution is 2.18. The smallest absolute Gasteiger partial charge is 0.258 e. The summed E-state index contributed by atoms with van der Waals surface area (Å²) in [6.45, 7) is 3.69. The van der Waals surface area contributed by atoms with Crippen LogP contribution < -0.4 is 5.56 Å². The second-order valence-electron chi connectivity index (χ2n) is 3.98. The average molecular weight is 237 g/mol. The fourth-order valence-electron chi connectivity index (χ4n) is 1.87. The molecular weight excluding hydrogens is 226 g/mol. The third-order valence-electron chi connectivity index (χ3n) is 2.81. The largest absolute Gasteiger partial charge is 0.338 e. The summed E-state index contributed by atoms with van der Waals surface area (Å²) < 4.78 is 0. The molecule has 88 valence electrons. The molecule has 0 saturated heterocycles. The zero-order chi connectivity index (χ0) is 12.5. The first-order valence-corrected chi connectivity index (χ1v) is 5.58. The number of para-hydroxylation sites is 2. The third-order valence-corrected chi connectivity index (χ3v) is 2.81. The molecule has 0 aliphatic heterocycles. The highest BCUT2D eigenvalue weighted by Gasteiger charge is 2.08. The predicted octanol–water partition coefficient (Wildman–Crippen LogP) is 2.56. The second-order valence-corrected chi connectivity index (χ2v) is 3.98. The molecule has 0 spiro atoms. The molecule has 0 amide bonds. The Bertz CT molecular complexity index is 750. The molecule has 2 heterocycles. The maximum atomic E-state index is 11.8. The van der Waals surface area contributed by atoms with Gasteiger partial charge in [0.1, 0.15) is 5.82 Å². The van der Waals surface area contributed by atoms with E-state index in [-0.39, 0.29) is 5.56 Å². The van der Waals surface area contributed by atoms with E-state index >= 15 is 0 Å². The van der Waals surface area contributed by atoms with Gasteiger partial charge in [0.25, 0.3) is 5.56 Å². The summed E-state index contributed by atoms with van der Waals surface area (Å²) in [5.74, 6) is 0.571. The van der Waals surface area contributed by atoms with E-state index in [1.54, 1.807) is 18.3 Å². The molecule has 0 atom stereocenters. The molecule has 2 aromatic heterocycles. The van der Waals surface area contributed by atoms with E-state index in [1.807, 2.05) is 24.3 Å². The minimum absolute atomic E-state index is 0.167. The maximum absolute atomic E-state index is 11.8. The molecule has 0 radical (unpaired) electrons. The van der Waals surface area contributed by atoms with Crippen molar-refractivity contribution in [3.05, 3.63) is 59.0 Å². The van der Waals surface area contributed by atoms with E-state index in [1.165, 1.54) is 0 Å². The number of aromatic nitrogens is 3. The van der Waals surface area contributed by atoms with Gasteiger partial charge in [-0.2, -0.15) is 0 Å². The van der Waals surface area contributed by atoms with Crippen LogP contribution in [0.2, 0.25) is 0 Å². The van der Waals surface area contributed by atoms with Gasteiger partial charge in [0.15, 0.2) is 0 Å². The standard InChI is InChI=1S/C14H11N3O/c1-2-9-7-10(14(18)15-8-9)13-16-11-5-3-4-6-12(11)17-13/h2-8H,1H2,(H,15,18)(H,16,17). The summed E-state index contributed by atoms with van der Waals surface area (Å²) in [5.41, 5.74) is 2.96. The van der Waals surface area contributed by atoms with Gasteiger partial charge < -0.3 is 9.97 Å². The Hall–Kier alpha value is -2.62. The maximum Gasteiger partial charge on any atom is 0.258 e. The van der Waals surface area contributed by atoms with Crippen molar-refractivity contribution >= 4 is 17.1 Å². The number of pyridine rings is 1. The lowest BCUT2D eigenvalue weighted by molar-refractivity contribution is 1.20. The van der Waals surface area contributed by atoms with E-state index in [4.69, 9.17) is 0 Å². The molecule has 0 aliphatic carbocycles. The van der Waals surface area contributed by atoms with Crippen LogP contribution in [0.4, 0.5) is 0 Å². The molecular formula is C14H11N3O. The summed E-state index contributed by atoms with van der Waals surface area (Å²) in [5, 5.41) is 0. The van der Waals surface area contributed by atoms with Crippen molar-refractivity contribution in [1.29, 1.82) is 0 Å². The molecule has 0 fully saturated rings. The van der Waals surface area contributed by atoms with Gasteiger partial charge in [-0.3, -0.25) is 4.79 Å². The van der Waals surface area contributed by atoms with Gasteiger partial charge in [-0.05, 0) is 23.8 Å². The van der Waals surface area contributed by atoms with Crippen LogP contribution in [0.25, 0.3) is 28.5 Å². The van der Waals surface area contributed by atoms with Gasteiger partial charge in [0, 0.05) is 6.20 Å². The molecule has 3 aromatic rings. The van der Waals surface area contributed by atoms with E-state index < -0.39 is 0 Å². The number of hydrogen-bond acceptors (Lipinski definition) is 2. The quantitative estimate of drug-likeness (QED) is 0.719. The first-order valence-electron chi connectivity index (χ1n) is 5.58. The van der Waals surface area contributed by atoms with E-state index in [2.05, 4.69) is 21.5 Å².